The summed E-state index contributed by atoms with van der Waals surface area (Å²) in [6.45, 7) is 8.46. The van der Waals surface area contributed by atoms with E-state index in [0.717, 1.165) is 6.42 Å². The van der Waals surface area contributed by atoms with Crippen LogP contribution in [0.25, 0.3) is 0 Å². The highest BCUT2D eigenvalue weighted by molar-refractivity contribution is 5.80. The SMILES string of the molecule is CCCCCCCCC(C)CC(=O)C(C)C. The second kappa shape index (κ2) is 9.86. The normalized spacial score (nSPS) is 13.1. The van der Waals surface area contributed by atoms with Crippen LogP contribution in [-0.2, 0) is 4.79 Å². The van der Waals surface area contributed by atoms with E-state index in [1.807, 2.05) is 13.8 Å². The van der Waals surface area contributed by atoms with Crippen molar-refractivity contribution in [3.63, 3.8) is 0 Å². The van der Waals surface area contributed by atoms with Crippen molar-refractivity contribution in [3.05, 3.63) is 0 Å². The zero-order valence-electron chi connectivity index (χ0n) is 11.7. The predicted molar refractivity (Wildman–Crippen MR) is 71.6 cm³/mol. The number of unbranched alkanes of at least 4 members (excludes halogenated alkanes) is 5. The van der Waals surface area contributed by atoms with E-state index >= 15 is 0 Å². The van der Waals surface area contributed by atoms with E-state index in [0.29, 0.717) is 11.7 Å². The van der Waals surface area contributed by atoms with E-state index in [4.69, 9.17) is 0 Å². The molecule has 0 fully saturated rings. The molecular formula is C15H30O. The lowest BCUT2D eigenvalue weighted by atomic mass is 9.93. The largest absolute Gasteiger partial charge is 0.299 e. The summed E-state index contributed by atoms with van der Waals surface area (Å²) >= 11 is 0. The topological polar surface area (TPSA) is 17.1 Å². The third-order valence-corrected chi connectivity index (χ3v) is 3.24. The van der Waals surface area contributed by atoms with Crippen LogP contribution in [-0.4, -0.2) is 5.78 Å². The summed E-state index contributed by atoms with van der Waals surface area (Å²) in [5, 5.41) is 0. The molecule has 0 bridgehead atoms. The monoisotopic (exact) mass is 226 g/mol. The molecule has 1 nitrogen and oxygen atoms in total. The van der Waals surface area contributed by atoms with Gasteiger partial charge in [0.1, 0.15) is 5.78 Å². The maximum Gasteiger partial charge on any atom is 0.135 e. The quantitative estimate of drug-likeness (QED) is 0.480. The molecule has 0 amide bonds. The third kappa shape index (κ3) is 8.94. The van der Waals surface area contributed by atoms with Gasteiger partial charge in [-0.1, -0.05) is 72.6 Å². The van der Waals surface area contributed by atoms with Crippen molar-refractivity contribution < 1.29 is 4.79 Å². The van der Waals surface area contributed by atoms with Crippen molar-refractivity contribution in [2.24, 2.45) is 11.8 Å². The molecule has 0 aliphatic heterocycles. The Morgan fingerprint density at radius 3 is 2.06 bits per heavy atom. The van der Waals surface area contributed by atoms with Crippen LogP contribution in [0, 0.1) is 11.8 Å². The van der Waals surface area contributed by atoms with Crippen LogP contribution in [0.5, 0.6) is 0 Å². The minimum absolute atomic E-state index is 0.215. The average Bonchev–Trinajstić information content (AvgIpc) is 2.23. The number of Topliss-reactive ketones (excluding diaryl/α,β-unsaturated/α-hetero) is 1. The molecule has 0 N–H and O–H groups in total. The summed E-state index contributed by atoms with van der Waals surface area (Å²) in [6, 6.07) is 0. The summed E-state index contributed by atoms with van der Waals surface area (Å²) in [5.74, 6) is 1.23. The zero-order valence-corrected chi connectivity index (χ0v) is 11.7. The van der Waals surface area contributed by atoms with E-state index in [2.05, 4.69) is 13.8 Å². The fraction of sp³-hybridized carbons (Fsp3) is 0.933. The molecule has 0 aromatic heterocycles. The Bertz CT molecular complexity index is 172. The van der Waals surface area contributed by atoms with Crippen LogP contribution in [0.3, 0.4) is 0 Å². The van der Waals surface area contributed by atoms with Crippen LogP contribution in [0.2, 0.25) is 0 Å². The standard InChI is InChI=1S/C15H30O/c1-5-6-7-8-9-10-11-14(4)12-15(16)13(2)3/h13-14H,5-12H2,1-4H3. The molecule has 16 heavy (non-hydrogen) atoms. The Hall–Kier alpha value is -0.330. The van der Waals surface area contributed by atoms with Crippen LogP contribution >= 0.6 is 0 Å². The number of ketones is 1. The van der Waals surface area contributed by atoms with Crippen molar-refractivity contribution in [2.75, 3.05) is 0 Å². The van der Waals surface area contributed by atoms with Gasteiger partial charge in [-0.3, -0.25) is 4.79 Å². The molecular weight excluding hydrogens is 196 g/mol. The Morgan fingerprint density at radius 2 is 1.50 bits per heavy atom. The van der Waals surface area contributed by atoms with Crippen LogP contribution in [0.4, 0.5) is 0 Å². The first-order valence-corrected chi connectivity index (χ1v) is 7.10. The highest BCUT2D eigenvalue weighted by Gasteiger charge is 2.11. The molecule has 0 saturated heterocycles. The van der Waals surface area contributed by atoms with Gasteiger partial charge in [0.25, 0.3) is 0 Å². The lowest BCUT2D eigenvalue weighted by Crippen LogP contribution is -2.11. The van der Waals surface area contributed by atoms with Gasteiger partial charge in [0.2, 0.25) is 0 Å². The second-order valence-corrected chi connectivity index (χ2v) is 5.49. The van der Waals surface area contributed by atoms with E-state index in [1.54, 1.807) is 0 Å². The fourth-order valence-electron chi connectivity index (χ4n) is 1.95. The molecule has 96 valence electrons. The molecule has 0 rings (SSSR count). The van der Waals surface area contributed by atoms with E-state index in [9.17, 15) is 4.79 Å². The number of rotatable bonds is 10. The Balaban J connectivity index is 3.37. The Kier molecular flexibility index (Phi) is 9.66. The molecule has 0 spiro atoms. The molecule has 0 aromatic rings. The van der Waals surface area contributed by atoms with Crippen molar-refractivity contribution in [1.29, 1.82) is 0 Å². The summed E-state index contributed by atoms with van der Waals surface area (Å²) in [6.07, 6.45) is 10.1. The van der Waals surface area contributed by atoms with Gasteiger partial charge in [0.05, 0.1) is 0 Å². The summed E-state index contributed by atoms with van der Waals surface area (Å²) in [5.41, 5.74) is 0. The Morgan fingerprint density at radius 1 is 0.938 bits per heavy atom. The van der Waals surface area contributed by atoms with Gasteiger partial charge in [0.15, 0.2) is 0 Å². The molecule has 0 aliphatic rings. The Labute approximate surface area is 102 Å². The number of hydrogen-bond donors (Lipinski definition) is 0. The first-order valence-electron chi connectivity index (χ1n) is 7.10. The molecule has 0 aromatic carbocycles. The zero-order chi connectivity index (χ0) is 12.4. The van der Waals surface area contributed by atoms with Crippen molar-refractivity contribution in [2.45, 2.75) is 79.1 Å². The molecule has 0 aliphatic carbocycles. The molecule has 1 heteroatoms. The van der Waals surface area contributed by atoms with E-state index in [1.165, 1.54) is 44.9 Å². The first-order chi connectivity index (χ1) is 7.57. The minimum Gasteiger partial charge on any atom is -0.299 e. The van der Waals surface area contributed by atoms with Gasteiger partial charge in [-0.15, -0.1) is 0 Å². The molecule has 1 unspecified atom stereocenters. The third-order valence-electron chi connectivity index (χ3n) is 3.24. The number of carbonyl (C=O) groups excluding carboxylic acids is 1. The molecule has 0 saturated carbocycles. The summed E-state index contributed by atoms with van der Waals surface area (Å²) in [4.78, 5) is 11.5. The smallest absolute Gasteiger partial charge is 0.135 e. The fourth-order valence-corrected chi connectivity index (χ4v) is 1.95. The summed E-state index contributed by atoms with van der Waals surface area (Å²) in [7, 11) is 0. The van der Waals surface area contributed by atoms with Gasteiger partial charge < -0.3 is 0 Å². The minimum atomic E-state index is 0.215. The average molecular weight is 226 g/mol. The lowest BCUT2D eigenvalue weighted by molar-refractivity contribution is -0.122. The number of carbonyl (C=O) groups is 1. The maximum atomic E-state index is 11.5. The van der Waals surface area contributed by atoms with Gasteiger partial charge in [-0.05, 0) is 5.92 Å². The van der Waals surface area contributed by atoms with Crippen molar-refractivity contribution in [1.82, 2.24) is 0 Å². The van der Waals surface area contributed by atoms with Crippen molar-refractivity contribution >= 4 is 5.78 Å². The second-order valence-electron chi connectivity index (χ2n) is 5.49. The van der Waals surface area contributed by atoms with Gasteiger partial charge >= 0.3 is 0 Å². The van der Waals surface area contributed by atoms with Gasteiger partial charge in [0, 0.05) is 12.3 Å². The van der Waals surface area contributed by atoms with Crippen LogP contribution in [0.15, 0.2) is 0 Å². The first kappa shape index (κ1) is 15.7. The van der Waals surface area contributed by atoms with Crippen LogP contribution in [0.1, 0.15) is 79.1 Å². The predicted octanol–water partition coefficient (Wildman–Crippen LogP) is 4.99. The van der Waals surface area contributed by atoms with Gasteiger partial charge in [-0.25, -0.2) is 0 Å². The maximum absolute atomic E-state index is 11.5. The highest BCUT2D eigenvalue weighted by atomic mass is 16.1. The lowest BCUT2D eigenvalue weighted by Gasteiger charge is -2.11. The van der Waals surface area contributed by atoms with Crippen LogP contribution < -0.4 is 0 Å². The molecule has 0 radical (unpaired) electrons. The molecule has 1 atom stereocenters. The van der Waals surface area contributed by atoms with E-state index < -0.39 is 0 Å². The van der Waals surface area contributed by atoms with Crippen molar-refractivity contribution in [3.8, 4) is 0 Å². The molecule has 0 heterocycles. The summed E-state index contributed by atoms with van der Waals surface area (Å²) < 4.78 is 0. The highest BCUT2D eigenvalue weighted by Crippen LogP contribution is 2.16. The number of hydrogen-bond acceptors (Lipinski definition) is 1. The van der Waals surface area contributed by atoms with E-state index in [-0.39, 0.29) is 5.92 Å². The van der Waals surface area contributed by atoms with Gasteiger partial charge in [-0.2, -0.15) is 0 Å².